The maximum atomic E-state index is 13.9. The highest BCUT2D eigenvalue weighted by molar-refractivity contribution is 6.42. The summed E-state index contributed by atoms with van der Waals surface area (Å²) >= 11 is 12.4. The summed E-state index contributed by atoms with van der Waals surface area (Å²) in [7, 11) is 1.12. The lowest BCUT2D eigenvalue weighted by Gasteiger charge is -2.41. The fraction of sp³-hybridized carbons (Fsp3) is 0.435. The summed E-state index contributed by atoms with van der Waals surface area (Å²) in [6.45, 7) is 1.60. The number of hydrogen-bond acceptors (Lipinski definition) is 4. The summed E-state index contributed by atoms with van der Waals surface area (Å²) in [5, 5.41) is 4.29. The minimum Gasteiger partial charge on any atom is -0.380 e. The minimum absolute atomic E-state index is 0.00381. The molecule has 2 atom stereocenters. The molecule has 1 aliphatic heterocycles. The fourth-order valence-corrected chi connectivity index (χ4v) is 4.95. The van der Waals surface area contributed by atoms with Crippen molar-refractivity contribution in [2.75, 3.05) is 25.5 Å². The first kappa shape index (κ1) is 24.6. The number of rotatable bonds is 5. The van der Waals surface area contributed by atoms with Crippen LogP contribution in [-0.2, 0) is 22.4 Å². The number of pyridine rings is 1. The highest BCUT2D eigenvalue weighted by Gasteiger charge is 2.48. The molecule has 2 aromatic rings. The van der Waals surface area contributed by atoms with Gasteiger partial charge in [0.25, 0.3) is 0 Å². The van der Waals surface area contributed by atoms with Crippen molar-refractivity contribution in [1.29, 1.82) is 0 Å². The van der Waals surface area contributed by atoms with E-state index < -0.39 is 24.0 Å². The Morgan fingerprint density at radius 2 is 1.88 bits per heavy atom. The van der Waals surface area contributed by atoms with E-state index in [1.807, 2.05) is 6.07 Å². The van der Waals surface area contributed by atoms with E-state index in [4.69, 9.17) is 23.2 Å². The predicted octanol–water partition coefficient (Wildman–Crippen LogP) is 4.51. The van der Waals surface area contributed by atoms with Crippen LogP contribution in [0.1, 0.15) is 29.8 Å². The Kier molecular flexibility index (Phi) is 6.70. The molecule has 0 radical (unpaired) electrons. The van der Waals surface area contributed by atoms with Crippen LogP contribution >= 0.6 is 23.2 Å². The van der Waals surface area contributed by atoms with Crippen LogP contribution in [0.5, 0.6) is 0 Å². The van der Waals surface area contributed by atoms with E-state index in [0.29, 0.717) is 33.5 Å². The highest BCUT2D eigenvalue weighted by atomic mass is 35.5. The Morgan fingerprint density at radius 1 is 1.18 bits per heavy atom. The summed E-state index contributed by atoms with van der Waals surface area (Å²) in [5.74, 6) is -1.52. The molecule has 6 nitrogen and oxygen atoms in total. The number of alkyl halides is 3. The number of benzene rings is 1. The topological polar surface area (TPSA) is 65.5 Å². The molecule has 1 fully saturated rings. The van der Waals surface area contributed by atoms with Gasteiger partial charge in [0, 0.05) is 33.1 Å². The number of anilines is 1. The molecule has 11 heteroatoms. The third kappa shape index (κ3) is 4.81. The third-order valence-corrected chi connectivity index (χ3v) is 7.21. The second-order valence-electron chi connectivity index (χ2n) is 8.73. The van der Waals surface area contributed by atoms with Crippen LogP contribution in [-0.4, -0.2) is 59.0 Å². The van der Waals surface area contributed by atoms with Crippen LogP contribution in [0.3, 0.4) is 0 Å². The first-order chi connectivity index (χ1) is 16.0. The maximum absolute atomic E-state index is 13.9. The van der Waals surface area contributed by atoms with Gasteiger partial charge in [0.15, 0.2) is 6.04 Å². The molecule has 2 amide bonds. The quantitative estimate of drug-likeness (QED) is 0.637. The molecule has 1 aromatic heterocycles. The first-order valence-corrected chi connectivity index (χ1v) is 11.5. The van der Waals surface area contributed by atoms with Crippen molar-refractivity contribution in [3.8, 4) is 0 Å². The van der Waals surface area contributed by atoms with Crippen molar-refractivity contribution in [3.05, 3.63) is 57.3 Å². The number of nitrogens with zero attached hydrogens (tertiary/aromatic N) is 3. The van der Waals surface area contributed by atoms with Gasteiger partial charge in [0.05, 0.1) is 33.5 Å². The number of amides is 2. The zero-order valence-electron chi connectivity index (χ0n) is 18.5. The fourth-order valence-electron chi connectivity index (χ4n) is 4.51. The Bertz CT molecular complexity index is 1100. The molecule has 1 aromatic carbocycles. The van der Waals surface area contributed by atoms with Gasteiger partial charge in [-0.25, -0.2) is 0 Å². The summed E-state index contributed by atoms with van der Waals surface area (Å²) in [6, 6.07) is 4.29. The second-order valence-corrected chi connectivity index (χ2v) is 9.52. The number of fused-ring (bicyclic) bond motifs is 1. The van der Waals surface area contributed by atoms with Gasteiger partial charge < -0.3 is 15.1 Å². The molecular weight excluding hydrogens is 492 g/mol. The smallest absolute Gasteiger partial charge is 0.380 e. The van der Waals surface area contributed by atoms with Gasteiger partial charge in [0.1, 0.15) is 0 Å². The van der Waals surface area contributed by atoms with Gasteiger partial charge in [-0.15, -0.1) is 0 Å². The normalized spacial score (nSPS) is 18.8. The zero-order valence-corrected chi connectivity index (χ0v) is 20.0. The molecular formula is C23H23Cl2F3N4O2. The lowest BCUT2D eigenvalue weighted by molar-refractivity contribution is -0.193. The summed E-state index contributed by atoms with van der Waals surface area (Å²) in [4.78, 5) is 30.1. The molecule has 2 unspecified atom stereocenters. The minimum atomic E-state index is -4.71. The summed E-state index contributed by atoms with van der Waals surface area (Å²) < 4.78 is 41.8. The molecule has 1 saturated heterocycles. The first-order valence-electron chi connectivity index (χ1n) is 10.7. The van der Waals surface area contributed by atoms with E-state index in [0.717, 1.165) is 18.2 Å². The number of likely N-dealkylation sites (tertiary alicyclic amines) is 1. The van der Waals surface area contributed by atoms with Gasteiger partial charge in [-0.2, -0.15) is 13.2 Å². The molecule has 0 spiro atoms. The van der Waals surface area contributed by atoms with Crippen LogP contribution in [0.15, 0.2) is 30.5 Å². The van der Waals surface area contributed by atoms with Crippen molar-refractivity contribution in [1.82, 2.24) is 14.8 Å². The van der Waals surface area contributed by atoms with Crippen LogP contribution in [0, 0.1) is 5.92 Å². The molecule has 4 rings (SSSR count). The summed E-state index contributed by atoms with van der Waals surface area (Å²) in [5.41, 5.74) is 2.33. The Morgan fingerprint density at radius 3 is 2.47 bits per heavy atom. The van der Waals surface area contributed by atoms with Crippen molar-refractivity contribution >= 4 is 40.7 Å². The Hall–Kier alpha value is -2.52. The van der Waals surface area contributed by atoms with Gasteiger partial charge in [-0.05, 0) is 42.2 Å². The number of carbonyl (C=O) groups is 2. The van der Waals surface area contributed by atoms with E-state index in [1.54, 1.807) is 6.07 Å². The molecule has 34 heavy (non-hydrogen) atoms. The molecule has 2 aliphatic rings. The van der Waals surface area contributed by atoms with Gasteiger partial charge in [-0.3, -0.25) is 14.6 Å². The molecule has 0 saturated carbocycles. The predicted molar refractivity (Wildman–Crippen MR) is 123 cm³/mol. The van der Waals surface area contributed by atoms with E-state index in [-0.39, 0.29) is 30.7 Å². The SMILES string of the molecule is CC(=O)N1CC(C(=O)N(C)C(c2ccc(NC3Cc4ccc(Cl)c(Cl)c4C3)cn2)C(F)(F)F)C1. The standard InChI is InChI=1S/C23H23Cl2F3N4O2/c1-12(33)32-10-14(11-32)22(34)31(2)21(23(26,27)28)19-6-4-15(9-29-19)30-16-7-13-3-5-18(24)20(25)17(13)8-16/h3-6,9,14,16,21,30H,7-8,10-11H2,1-2H3. The number of nitrogens with one attached hydrogen (secondary N) is 1. The van der Waals surface area contributed by atoms with Crippen molar-refractivity contribution in [2.45, 2.75) is 38.0 Å². The molecule has 2 heterocycles. The molecule has 1 aliphatic carbocycles. The molecule has 0 bridgehead atoms. The van der Waals surface area contributed by atoms with E-state index in [9.17, 15) is 22.8 Å². The third-order valence-electron chi connectivity index (χ3n) is 6.37. The zero-order chi connectivity index (χ0) is 24.8. The summed E-state index contributed by atoms with van der Waals surface area (Å²) in [6.07, 6.45) is -2.03. The van der Waals surface area contributed by atoms with Crippen LogP contribution in [0.4, 0.5) is 18.9 Å². The number of aromatic nitrogens is 1. The van der Waals surface area contributed by atoms with Gasteiger partial charge in [-0.1, -0.05) is 29.3 Å². The van der Waals surface area contributed by atoms with Crippen molar-refractivity contribution in [2.24, 2.45) is 5.92 Å². The number of carbonyl (C=O) groups excluding carboxylic acids is 2. The average Bonchev–Trinajstić information content (AvgIpc) is 3.13. The van der Waals surface area contributed by atoms with Crippen LogP contribution in [0.25, 0.3) is 0 Å². The lowest BCUT2D eigenvalue weighted by Crippen LogP contribution is -2.56. The van der Waals surface area contributed by atoms with Crippen molar-refractivity contribution in [3.63, 3.8) is 0 Å². The lowest BCUT2D eigenvalue weighted by atomic mass is 9.97. The van der Waals surface area contributed by atoms with E-state index >= 15 is 0 Å². The Labute approximate surface area is 205 Å². The van der Waals surface area contributed by atoms with Gasteiger partial charge in [0.2, 0.25) is 11.8 Å². The largest absolute Gasteiger partial charge is 0.414 e. The maximum Gasteiger partial charge on any atom is 0.414 e. The molecule has 182 valence electrons. The Balaban J connectivity index is 1.45. The highest BCUT2D eigenvalue weighted by Crippen LogP contribution is 2.38. The van der Waals surface area contributed by atoms with Gasteiger partial charge >= 0.3 is 6.18 Å². The number of halogens is 5. The average molecular weight is 515 g/mol. The second kappa shape index (κ2) is 9.26. The monoisotopic (exact) mass is 514 g/mol. The van der Waals surface area contributed by atoms with E-state index in [2.05, 4.69) is 10.3 Å². The molecule has 1 N–H and O–H groups in total. The van der Waals surface area contributed by atoms with Crippen LogP contribution in [0.2, 0.25) is 10.0 Å². The van der Waals surface area contributed by atoms with Crippen LogP contribution < -0.4 is 5.32 Å². The van der Waals surface area contributed by atoms with Crippen molar-refractivity contribution < 1.29 is 22.8 Å². The van der Waals surface area contributed by atoms with E-state index in [1.165, 1.54) is 30.2 Å². The number of hydrogen-bond donors (Lipinski definition) is 1.